The lowest BCUT2D eigenvalue weighted by Gasteiger charge is -1.97. The molecule has 0 N–H and O–H groups in total. The molecule has 0 aliphatic heterocycles. The molecule has 0 saturated heterocycles. The van der Waals surface area contributed by atoms with E-state index >= 15 is 0 Å². The molecule has 0 unspecified atom stereocenters. The summed E-state index contributed by atoms with van der Waals surface area (Å²) in [6, 6.07) is 6.12. The monoisotopic (exact) mass is 206 g/mol. The van der Waals surface area contributed by atoms with Crippen LogP contribution in [0, 0.1) is 0 Å². The lowest BCUT2D eigenvalue weighted by atomic mass is 10.2. The number of allylic oxidation sites excluding steroid dienone is 1. The van der Waals surface area contributed by atoms with Gasteiger partial charge in [0.2, 0.25) is 0 Å². The predicted molar refractivity (Wildman–Crippen MR) is 46.5 cm³/mol. The standard InChI is InChI=1S/C9H6ClF3/c10-8-3-1-7(2-4-8)5-6-9(11,12)13/h1-6H/b6-5+. The largest absolute Gasteiger partial charge is 0.409 e. The van der Waals surface area contributed by atoms with Crippen molar-refractivity contribution >= 4 is 17.7 Å². The van der Waals surface area contributed by atoms with Gasteiger partial charge in [-0.15, -0.1) is 0 Å². The van der Waals surface area contributed by atoms with Crippen molar-refractivity contribution in [3.05, 3.63) is 40.9 Å². The van der Waals surface area contributed by atoms with Crippen molar-refractivity contribution < 1.29 is 13.2 Å². The molecule has 0 aliphatic rings. The average molecular weight is 207 g/mol. The summed E-state index contributed by atoms with van der Waals surface area (Å²) in [7, 11) is 0. The third-order valence-corrected chi connectivity index (χ3v) is 1.59. The Bertz CT molecular complexity index is 298. The van der Waals surface area contributed by atoms with Crippen LogP contribution < -0.4 is 0 Å². The molecule has 0 amide bonds. The molecule has 0 spiro atoms. The van der Waals surface area contributed by atoms with Gasteiger partial charge in [0.15, 0.2) is 0 Å². The highest BCUT2D eigenvalue weighted by Gasteiger charge is 2.21. The van der Waals surface area contributed by atoms with E-state index in [0.29, 0.717) is 10.6 Å². The van der Waals surface area contributed by atoms with Crippen molar-refractivity contribution in [1.29, 1.82) is 0 Å². The minimum absolute atomic E-state index is 0.191. The molecule has 1 aromatic rings. The Morgan fingerprint density at radius 1 is 1.08 bits per heavy atom. The maximum absolute atomic E-state index is 11.7. The molecule has 0 nitrogen and oxygen atoms in total. The minimum Gasteiger partial charge on any atom is -0.167 e. The number of hydrogen-bond donors (Lipinski definition) is 0. The van der Waals surface area contributed by atoms with Crippen LogP contribution in [-0.4, -0.2) is 6.18 Å². The number of rotatable bonds is 1. The zero-order valence-electron chi connectivity index (χ0n) is 6.48. The third kappa shape index (κ3) is 3.99. The van der Waals surface area contributed by atoms with Crippen molar-refractivity contribution in [2.24, 2.45) is 0 Å². The molecule has 0 radical (unpaired) electrons. The zero-order chi connectivity index (χ0) is 9.90. The van der Waals surface area contributed by atoms with Crippen LogP contribution in [0.5, 0.6) is 0 Å². The van der Waals surface area contributed by atoms with Gasteiger partial charge in [-0.25, -0.2) is 0 Å². The molecule has 0 heterocycles. The Kier molecular flexibility index (Phi) is 2.98. The minimum atomic E-state index is -4.26. The van der Waals surface area contributed by atoms with Crippen molar-refractivity contribution in [1.82, 2.24) is 0 Å². The molecule has 13 heavy (non-hydrogen) atoms. The number of benzene rings is 1. The van der Waals surface area contributed by atoms with E-state index in [4.69, 9.17) is 11.6 Å². The topological polar surface area (TPSA) is 0 Å². The lowest BCUT2D eigenvalue weighted by molar-refractivity contribution is -0.0790. The quantitative estimate of drug-likeness (QED) is 0.654. The van der Waals surface area contributed by atoms with Crippen LogP contribution in [0.1, 0.15) is 5.56 Å². The fraction of sp³-hybridized carbons (Fsp3) is 0.111. The van der Waals surface area contributed by atoms with Gasteiger partial charge in [-0.3, -0.25) is 0 Å². The second-order valence-electron chi connectivity index (χ2n) is 2.43. The highest BCUT2D eigenvalue weighted by molar-refractivity contribution is 6.30. The summed E-state index contributed by atoms with van der Waals surface area (Å²) >= 11 is 5.56. The molecule has 1 aromatic carbocycles. The number of alkyl halides is 3. The SMILES string of the molecule is FC(F)(F)/C=C/c1ccc(Cl)cc1. The molecule has 1 rings (SSSR count). The molecule has 0 aromatic heterocycles. The van der Waals surface area contributed by atoms with Crippen molar-refractivity contribution in [2.75, 3.05) is 0 Å². The van der Waals surface area contributed by atoms with Crippen LogP contribution >= 0.6 is 11.6 Å². The van der Waals surface area contributed by atoms with Crippen LogP contribution in [0.3, 0.4) is 0 Å². The third-order valence-electron chi connectivity index (χ3n) is 1.33. The van der Waals surface area contributed by atoms with Crippen LogP contribution in [-0.2, 0) is 0 Å². The van der Waals surface area contributed by atoms with Crippen molar-refractivity contribution in [2.45, 2.75) is 6.18 Å². The van der Waals surface area contributed by atoms with Crippen LogP contribution in [0.15, 0.2) is 30.3 Å². The maximum atomic E-state index is 11.7. The summed E-state index contributed by atoms with van der Waals surface area (Å²) < 4.78 is 35.1. The first-order chi connectivity index (χ1) is 5.97. The molecule has 4 heteroatoms. The Hall–Kier alpha value is -0.960. The molecule has 0 atom stereocenters. The average Bonchev–Trinajstić information content (AvgIpc) is 2.02. The Morgan fingerprint density at radius 2 is 1.62 bits per heavy atom. The van der Waals surface area contributed by atoms with Gasteiger partial charge < -0.3 is 0 Å². The fourth-order valence-corrected chi connectivity index (χ4v) is 0.891. The molecular weight excluding hydrogens is 201 g/mol. The van der Waals surface area contributed by atoms with E-state index in [1.165, 1.54) is 24.3 Å². The summed E-state index contributed by atoms with van der Waals surface area (Å²) in [6.45, 7) is 0. The van der Waals surface area contributed by atoms with E-state index < -0.39 is 6.18 Å². The van der Waals surface area contributed by atoms with E-state index in [0.717, 1.165) is 6.08 Å². The van der Waals surface area contributed by atoms with E-state index in [2.05, 4.69) is 0 Å². The summed E-state index contributed by atoms with van der Waals surface area (Å²) in [5, 5.41) is 0.504. The van der Waals surface area contributed by atoms with Gasteiger partial charge >= 0.3 is 6.18 Å². The van der Waals surface area contributed by atoms with Gasteiger partial charge in [-0.05, 0) is 17.7 Å². The zero-order valence-corrected chi connectivity index (χ0v) is 7.23. The van der Waals surface area contributed by atoms with Gasteiger partial charge in [0, 0.05) is 11.1 Å². The van der Waals surface area contributed by atoms with E-state index in [1.807, 2.05) is 0 Å². The first-order valence-electron chi connectivity index (χ1n) is 3.49. The molecule has 0 fully saturated rings. The molecule has 70 valence electrons. The highest BCUT2D eigenvalue weighted by Crippen LogP contribution is 2.18. The Balaban J connectivity index is 2.75. The second kappa shape index (κ2) is 3.83. The van der Waals surface area contributed by atoms with Gasteiger partial charge in [0.25, 0.3) is 0 Å². The molecule has 0 saturated carbocycles. The number of hydrogen-bond acceptors (Lipinski definition) is 0. The normalized spacial score (nSPS) is 12.3. The van der Waals surface area contributed by atoms with Crippen LogP contribution in [0.25, 0.3) is 6.08 Å². The van der Waals surface area contributed by atoms with E-state index in [9.17, 15) is 13.2 Å². The summed E-state index contributed by atoms with van der Waals surface area (Å²) in [6.07, 6.45) is -3.08. The second-order valence-corrected chi connectivity index (χ2v) is 2.86. The van der Waals surface area contributed by atoms with E-state index in [-0.39, 0.29) is 6.08 Å². The van der Waals surface area contributed by atoms with Crippen molar-refractivity contribution in [3.63, 3.8) is 0 Å². The van der Waals surface area contributed by atoms with Gasteiger partial charge in [0.1, 0.15) is 0 Å². The van der Waals surface area contributed by atoms with Crippen molar-refractivity contribution in [3.8, 4) is 0 Å². The molecular formula is C9H6ClF3. The lowest BCUT2D eigenvalue weighted by Crippen LogP contribution is -1.99. The van der Waals surface area contributed by atoms with Gasteiger partial charge in [-0.2, -0.15) is 13.2 Å². The number of halogens is 4. The first-order valence-corrected chi connectivity index (χ1v) is 3.87. The molecule has 0 bridgehead atoms. The Morgan fingerprint density at radius 3 is 2.08 bits per heavy atom. The predicted octanol–water partition coefficient (Wildman–Crippen LogP) is 3.92. The fourth-order valence-electron chi connectivity index (χ4n) is 0.765. The van der Waals surface area contributed by atoms with E-state index in [1.54, 1.807) is 0 Å². The van der Waals surface area contributed by atoms with Gasteiger partial charge in [0.05, 0.1) is 0 Å². The summed E-state index contributed by atoms with van der Waals surface area (Å²) in [5.74, 6) is 0. The Labute approximate surface area is 78.6 Å². The van der Waals surface area contributed by atoms with Crippen LogP contribution in [0.4, 0.5) is 13.2 Å². The molecule has 0 aliphatic carbocycles. The smallest absolute Gasteiger partial charge is 0.167 e. The van der Waals surface area contributed by atoms with Gasteiger partial charge in [-0.1, -0.05) is 29.8 Å². The maximum Gasteiger partial charge on any atom is 0.409 e. The first kappa shape index (κ1) is 10.1. The summed E-state index contributed by atoms with van der Waals surface area (Å²) in [4.78, 5) is 0. The van der Waals surface area contributed by atoms with Crippen LogP contribution in [0.2, 0.25) is 5.02 Å². The summed E-state index contributed by atoms with van der Waals surface area (Å²) in [5.41, 5.74) is 0.474. The highest BCUT2D eigenvalue weighted by atomic mass is 35.5.